The van der Waals surface area contributed by atoms with Crippen LogP contribution in [0, 0.1) is 6.92 Å². The van der Waals surface area contributed by atoms with Crippen LogP contribution in [0.15, 0.2) is 18.2 Å². The van der Waals surface area contributed by atoms with Gasteiger partial charge in [-0.3, -0.25) is 0 Å². The van der Waals surface area contributed by atoms with Crippen molar-refractivity contribution in [2.75, 3.05) is 14.2 Å². The summed E-state index contributed by atoms with van der Waals surface area (Å²) in [5, 5.41) is 0.517. The summed E-state index contributed by atoms with van der Waals surface area (Å²) in [6, 6.07) is 5.71. The molecule has 1 aromatic carbocycles. The predicted octanol–water partition coefficient (Wildman–Crippen LogP) is 4.00. The Morgan fingerprint density at radius 3 is 2.19 bits per heavy atom. The fourth-order valence-electron chi connectivity index (χ4n) is 2.25. The highest BCUT2D eigenvalue weighted by Gasteiger charge is 2.28. The molecule has 0 bridgehead atoms. The Kier molecular flexibility index (Phi) is 3.72. The Morgan fingerprint density at radius 2 is 1.67 bits per heavy atom. The molecular formula is C16H17ClN2O2. The van der Waals surface area contributed by atoms with E-state index in [0.29, 0.717) is 11.1 Å². The highest BCUT2D eigenvalue weighted by Crippen LogP contribution is 2.40. The topological polar surface area (TPSA) is 44.2 Å². The van der Waals surface area contributed by atoms with Gasteiger partial charge in [0.05, 0.1) is 19.9 Å². The molecule has 2 aromatic rings. The lowest BCUT2D eigenvalue weighted by molar-refractivity contribution is 0.394. The molecule has 1 aliphatic rings. The van der Waals surface area contributed by atoms with E-state index in [1.807, 2.05) is 25.1 Å². The molecule has 0 unspecified atom stereocenters. The minimum atomic E-state index is 0.453. The molecule has 5 heteroatoms. The fourth-order valence-corrected chi connectivity index (χ4v) is 2.43. The first-order valence-corrected chi connectivity index (χ1v) is 7.27. The van der Waals surface area contributed by atoms with Gasteiger partial charge in [-0.05, 0) is 31.9 Å². The van der Waals surface area contributed by atoms with Crippen LogP contribution >= 0.6 is 11.6 Å². The summed E-state index contributed by atoms with van der Waals surface area (Å²) in [6.07, 6.45) is 2.28. The van der Waals surface area contributed by atoms with Crippen LogP contribution in [0.2, 0.25) is 5.15 Å². The average Bonchev–Trinajstić information content (AvgIpc) is 3.34. The monoisotopic (exact) mass is 304 g/mol. The zero-order valence-corrected chi connectivity index (χ0v) is 13.1. The second-order valence-electron chi connectivity index (χ2n) is 5.22. The highest BCUT2D eigenvalue weighted by atomic mass is 35.5. The number of ether oxygens (including phenoxy) is 2. The van der Waals surface area contributed by atoms with E-state index in [9.17, 15) is 0 Å². The Bertz CT molecular complexity index is 662. The van der Waals surface area contributed by atoms with E-state index in [1.54, 1.807) is 14.2 Å². The van der Waals surface area contributed by atoms with Crippen LogP contribution in [0.1, 0.15) is 30.1 Å². The summed E-state index contributed by atoms with van der Waals surface area (Å²) in [5.41, 5.74) is 2.64. The quantitative estimate of drug-likeness (QED) is 0.801. The van der Waals surface area contributed by atoms with Crippen molar-refractivity contribution in [3.8, 4) is 22.8 Å². The molecular weight excluding hydrogens is 288 g/mol. The number of benzene rings is 1. The molecule has 0 radical (unpaired) electrons. The normalized spacial score (nSPS) is 14.1. The zero-order chi connectivity index (χ0) is 15.0. The molecule has 0 atom stereocenters. The first-order chi connectivity index (χ1) is 10.1. The van der Waals surface area contributed by atoms with E-state index in [1.165, 1.54) is 0 Å². The smallest absolute Gasteiger partial charge is 0.136 e. The minimum absolute atomic E-state index is 0.453. The van der Waals surface area contributed by atoms with E-state index in [4.69, 9.17) is 26.1 Å². The summed E-state index contributed by atoms with van der Waals surface area (Å²) < 4.78 is 10.6. The van der Waals surface area contributed by atoms with Gasteiger partial charge in [0.2, 0.25) is 0 Å². The molecule has 0 N–H and O–H groups in total. The minimum Gasteiger partial charge on any atom is -0.497 e. The third-order valence-corrected chi connectivity index (χ3v) is 4.04. The van der Waals surface area contributed by atoms with Crippen LogP contribution in [-0.4, -0.2) is 24.2 Å². The van der Waals surface area contributed by atoms with Crippen LogP contribution < -0.4 is 9.47 Å². The molecule has 110 valence electrons. The first kappa shape index (κ1) is 14.1. The van der Waals surface area contributed by atoms with Gasteiger partial charge in [-0.15, -0.1) is 0 Å². The molecule has 3 rings (SSSR count). The predicted molar refractivity (Wildman–Crippen MR) is 82.3 cm³/mol. The Labute approximate surface area is 129 Å². The highest BCUT2D eigenvalue weighted by molar-refractivity contribution is 6.30. The van der Waals surface area contributed by atoms with Crippen molar-refractivity contribution in [3.05, 3.63) is 34.7 Å². The number of hydrogen-bond donors (Lipinski definition) is 0. The molecule has 4 nitrogen and oxygen atoms in total. The summed E-state index contributed by atoms with van der Waals surface area (Å²) >= 11 is 6.27. The Balaban J connectivity index is 2.14. The maximum absolute atomic E-state index is 6.27. The summed E-state index contributed by atoms with van der Waals surface area (Å²) in [4.78, 5) is 9.11. The Hall–Kier alpha value is -1.81. The van der Waals surface area contributed by atoms with Crippen molar-refractivity contribution >= 4 is 11.6 Å². The molecule has 0 saturated heterocycles. The lowest BCUT2D eigenvalue weighted by Crippen LogP contribution is -2.00. The molecule has 1 aliphatic carbocycles. The van der Waals surface area contributed by atoms with Gasteiger partial charge in [0.25, 0.3) is 0 Å². The van der Waals surface area contributed by atoms with Crippen molar-refractivity contribution < 1.29 is 9.47 Å². The van der Waals surface area contributed by atoms with Gasteiger partial charge in [-0.2, -0.15) is 0 Å². The van der Waals surface area contributed by atoms with Crippen LogP contribution in [-0.2, 0) is 0 Å². The maximum atomic E-state index is 6.27. The summed E-state index contributed by atoms with van der Waals surface area (Å²) in [5.74, 6) is 2.75. The van der Waals surface area contributed by atoms with Crippen molar-refractivity contribution in [1.82, 2.24) is 9.97 Å². The first-order valence-electron chi connectivity index (χ1n) is 6.90. The van der Waals surface area contributed by atoms with E-state index in [0.717, 1.165) is 47.0 Å². The van der Waals surface area contributed by atoms with Crippen LogP contribution in [0.5, 0.6) is 11.5 Å². The lowest BCUT2D eigenvalue weighted by atomic mass is 10.1. The molecule has 21 heavy (non-hydrogen) atoms. The van der Waals surface area contributed by atoms with Crippen molar-refractivity contribution in [3.63, 3.8) is 0 Å². The zero-order valence-electron chi connectivity index (χ0n) is 12.3. The van der Waals surface area contributed by atoms with Gasteiger partial charge >= 0.3 is 0 Å². The molecule has 1 saturated carbocycles. The fraction of sp³-hybridized carbons (Fsp3) is 0.375. The third kappa shape index (κ3) is 2.81. The van der Waals surface area contributed by atoms with E-state index < -0.39 is 0 Å². The van der Waals surface area contributed by atoms with Crippen molar-refractivity contribution in [2.24, 2.45) is 0 Å². The van der Waals surface area contributed by atoms with Crippen LogP contribution in [0.4, 0.5) is 0 Å². The number of hydrogen-bond acceptors (Lipinski definition) is 4. The standard InChI is InChI=1S/C16H17ClN2O2/c1-9-14(18-16(10-4-5-10)19-15(9)17)11-6-12(20-2)8-13(7-11)21-3/h6-8,10H,4-5H2,1-3H3. The van der Waals surface area contributed by atoms with E-state index in [-0.39, 0.29) is 0 Å². The summed E-state index contributed by atoms with van der Waals surface area (Å²) in [7, 11) is 3.27. The van der Waals surface area contributed by atoms with Crippen molar-refractivity contribution in [2.45, 2.75) is 25.7 Å². The third-order valence-electron chi connectivity index (χ3n) is 3.67. The van der Waals surface area contributed by atoms with Gasteiger partial charge in [-0.25, -0.2) is 9.97 Å². The number of nitrogens with zero attached hydrogens (tertiary/aromatic N) is 2. The number of rotatable bonds is 4. The second-order valence-corrected chi connectivity index (χ2v) is 5.58. The van der Waals surface area contributed by atoms with Gasteiger partial charge in [-0.1, -0.05) is 11.6 Å². The van der Waals surface area contributed by atoms with Crippen LogP contribution in [0.25, 0.3) is 11.3 Å². The van der Waals surface area contributed by atoms with Crippen molar-refractivity contribution in [1.29, 1.82) is 0 Å². The van der Waals surface area contributed by atoms with Crippen LogP contribution in [0.3, 0.4) is 0 Å². The number of halogens is 1. The van der Waals surface area contributed by atoms with Gasteiger partial charge in [0.1, 0.15) is 22.5 Å². The number of methoxy groups -OCH3 is 2. The molecule has 0 amide bonds. The molecule has 1 fully saturated rings. The van der Waals surface area contributed by atoms with Gasteiger partial charge < -0.3 is 9.47 Å². The second kappa shape index (κ2) is 5.53. The summed E-state index contributed by atoms with van der Waals surface area (Å²) in [6.45, 7) is 1.93. The molecule has 0 aliphatic heterocycles. The largest absolute Gasteiger partial charge is 0.497 e. The molecule has 0 spiro atoms. The number of aromatic nitrogens is 2. The van der Waals surface area contributed by atoms with Gasteiger partial charge in [0.15, 0.2) is 0 Å². The van der Waals surface area contributed by atoms with E-state index in [2.05, 4.69) is 4.98 Å². The SMILES string of the molecule is COc1cc(OC)cc(-c2nc(C3CC3)nc(Cl)c2C)c1. The lowest BCUT2D eigenvalue weighted by Gasteiger charge is -2.12. The Morgan fingerprint density at radius 1 is 1.05 bits per heavy atom. The average molecular weight is 305 g/mol. The molecule has 1 aromatic heterocycles. The maximum Gasteiger partial charge on any atom is 0.136 e. The van der Waals surface area contributed by atoms with E-state index >= 15 is 0 Å². The molecule has 1 heterocycles. The van der Waals surface area contributed by atoms with Gasteiger partial charge in [0, 0.05) is 23.1 Å².